The monoisotopic (exact) mass is 312 g/mol. The number of hydrogen-bond donors (Lipinski definition) is 1. The van der Waals surface area contributed by atoms with E-state index in [1.807, 2.05) is 25.6 Å². The van der Waals surface area contributed by atoms with Gasteiger partial charge in [0.2, 0.25) is 0 Å². The summed E-state index contributed by atoms with van der Waals surface area (Å²) < 4.78 is 1.83. The van der Waals surface area contributed by atoms with Crippen LogP contribution in [0, 0.1) is 13.8 Å². The third kappa shape index (κ3) is 3.17. The lowest BCUT2D eigenvalue weighted by Gasteiger charge is -2.13. The number of benzene rings is 1. The zero-order valence-corrected chi connectivity index (χ0v) is 13.3. The highest BCUT2D eigenvalue weighted by Crippen LogP contribution is 2.26. The maximum atomic E-state index is 10.3. The summed E-state index contributed by atoms with van der Waals surface area (Å²) in [5, 5.41) is 15.9. The lowest BCUT2D eigenvalue weighted by atomic mass is 10.00. The largest absolute Gasteiger partial charge is 0.392 e. The maximum absolute atomic E-state index is 10.3. The van der Waals surface area contributed by atoms with Crippen molar-refractivity contribution < 1.29 is 5.11 Å². The quantitative estimate of drug-likeness (QED) is 0.938. The van der Waals surface area contributed by atoms with Crippen LogP contribution in [0.1, 0.15) is 22.5 Å². The van der Waals surface area contributed by atoms with E-state index in [0.29, 0.717) is 22.9 Å². The van der Waals surface area contributed by atoms with Crippen molar-refractivity contribution in [3.63, 3.8) is 0 Å². The van der Waals surface area contributed by atoms with Crippen molar-refractivity contribution in [3.05, 3.63) is 50.8 Å². The Morgan fingerprint density at radius 3 is 2.20 bits per heavy atom. The first-order chi connectivity index (χ1) is 9.40. The van der Waals surface area contributed by atoms with E-state index in [-0.39, 0.29) is 0 Å². The Morgan fingerprint density at radius 1 is 1.15 bits per heavy atom. The fourth-order valence-electron chi connectivity index (χ4n) is 2.38. The van der Waals surface area contributed by atoms with Gasteiger partial charge in [0, 0.05) is 35.6 Å². The van der Waals surface area contributed by atoms with Crippen molar-refractivity contribution in [2.75, 3.05) is 0 Å². The smallest absolute Gasteiger partial charge is 0.0629 e. The minimum absolute atomic E-state index is 0.437. The predicted octanol–water partition coefficient (Wildman–Crippen LogP) is 3.49. The van der Waals surface area contributed by atoms with Gasteiger partial charge in [-0.25, -0.2) is 0 Å². The summed E-state index contributed by atoms with van der Waals surface area (Å²) in [5.74, 6) is 0. The van der Waals surface area contributed by atoms with E-state index in [0.717, 1.165) is 22.5 Å². The van der Waals surface area contributed by atoms with E-state index in [1.54, 1.807) is 18.2 Å². The molecule has 0 aliphatic carbocycles. The Kier molecular flexibility index (Phi) is 4.74. The Morgan fingerprint density at radius 2 is 1.70 bits per heavy atom. The summed E-state index contributed by atoms with van der Waals surface area (Å²) in [5.41, 5.74) is 3.91. The molecular weight excluding hydrogens is 295 g/mol. The number of hydrogen-bond acceptors (Lipinski definition) is 2. The van der Waals surface area contributed by atoms with E-state index in [9.17, 15) is 5.11 Å². The first-order valence-electron chi connectivity index (χ1n) is 6.50. The van der Waals surface area contributed by atoms with Gasteiger partial charge < -0.3 is 5.11 Å². The lowest BCUT2D eigenvalue weighted by Crippen LogP contribution is -2.15. The minimum Gasteiger partial charge on any atom is -0.392 e. The van der Waals surface area contributed by atoms with Crippen molar-refractivity contribution in [2.24, 2.45) is 7.05 Å². The molecule has 0 fully saturated rings. The van der Waals surface area contributed by atoms with E-state index < -0.39 is 6.10 Å². The van der Waals surface area contributed by atoms with Gasteiger partial charge in [-0.05, 0) is 37.1 Å². The van der Waals surface area contributed by atoms with E-state index in [4.69, 9.17) is 23.2 Å². The second-order valence-corrected chi connectivity index (χ2v) is 5.85. The SMILES string of the molecule is Cc1nn(C)c(C)c1CC(O)Cc1c(Cl)cccc1Cl. The number of aliphatic hydroxyl groups excluding tert-OH is 1. The molecule has 0 aliphatic rings. The molecule has 0 saturated carbocycles. The summed E-state index contributed by atoms with van der Waals surface area (Å²) in [4.78, 5) is 0. The standard InChI is InChI=1S/C15H18Cl2N2O/c1-9-12(10(2)19(3)18-9)7-11(20)8-13-14(16)5-4-6-15(13)17/h4-6,11,20H,7-8H2,1-3H3. The molecule has 0 bridgehead atoms. The van der Waals surface area contributed by atoms with Crippen molar-refractivity contribution in [3.8, 4) is 0 Å². The van der Waals surface area contributed by atoms with Gasteiger partial charge in [0.05, 0.1) is 11.8 Å². The summed E-state index contributed by atoms with van der Waals surface area (Å²) in [6.45, 7) is 3.96. The molecule has 1 aromatic heterocycles. The van der Waals surface area contributed by atoms with Crippen molar-refractivity contribution >= 4 is 23.2 Å². The van der Waals surface area contributed by atoms with Crippen LogP contribution in [0.2, 0.25) is 10.0 Å². The zero-order chi connectivity index (χ0) is 14.9. The van der Waals surface area contributed by atoms with Crippen molar-refractivity contribution in [1.29, 1.82) is 0 Å². The number of rotatable bonds is 4. The molecule has 0 radical (unpaired) electrons. The molecular formula is C15H18Cl2N2O. The van der Waals surface area contributed by atoms with Crippen LogP contribution in [0.15, 0.2) is 18.2 Å². The second-order valence-electron chi connectivity index (χ2n) is 5.04. The fraction of sp³-hybridized carbons (Fsp3) is 0.400. The molecule has 1 atom stereocenters. The number of aryl methyl sites for hydroxylation is 2. The van der Waals surface area contributed by atoms with Crippen LogP contribution < -0.4 is 0 Å². The Hall–Kier alpha value is -1.03. The van der Waals surface area contributed by atoms with E-state index in [2.05, 4.69) is 5.10 Å². The average Bonchev–Trinajstić information content (AvgIpc) is 2.61. The summed E-state index contributed by atoms with van der Waals surface area (Å²) in [6, 6.07) is 5.38. The normalized spacial score (nSPS) is 12.7. The predicted molar refractivity (Wildman–Crippen MR) is 82.6 cm³/mol. The van der Waals surface area contributed by atoms with Gasteiger partial charge in [-0.2, -0.15) is 5.10 Å². The van der Waals surface area contributed by atoms with Gasteiger partial charge in [-0.1, -0.05) is 29.3 Å². The van der Waals surface area contributed by atoms with Gasteiger partial charge in [-0.15, -0.1) is 0 Å². The summed E-state index contributed by atoms with van der Waals surface area (Å²) in [7, 11) is 1.91. The topological polar surface area (TPSA) is 38.0 Å². The Balaban J connectivity index is 2.15. The third-order valence-corrected chi connectivity index (χ3v) is 4.31. The van der Waals surface area contributed by atoms with E-state index >= 15 is 0 Å². The molecule has 0 amide bonds. The molecule has 1 N–H and O–H groups in total. The van der Waals surface area contributed by atoms with Crippen LogP contribution in [0.25, 0.3) is 0 Å². The first kappa shape index (κ1) is 15.4. The molecule has 1 heterocycles. The summed E-state index contributed by atoms with van der Waals surface area (Å²) in [6.07, 6.45) is 0.452. The van der Waals surface area contributed by atoms with Crippen LogP contribution >= 0.6 is 23.2 Å². The van der Waals surface area contributed by atoms with Crippen LogP contribution in [-0.4, -0.2) is 21.0 Å². The molecule has 0 saturated heterocycles. The van der Waals surface area contributed by atoms with Crippen LogP contribution in [-0.2, 0) is 19.9 Å². The molecule has 108 valence electrons. The van der Waals surface area contributed by atoms with Gasteiger partial charge in [0.15, 0.2) is 0 Å². The molecule has 0 aliphatic heterocycles. The van der Waals surface area contributed by atoms with Crippen LogP contribution in [0.4, 0.5) is 0 Å². The highest BCUT2D eigenvalue weighted by atomic mass is 35.5. The Labute approximate surface area is 129 Å². The van der Waals surface area contributed by atoms with Gasteiger partial charge in [0.25, 0.3) is 0 Å². The molecule has 2 rings (SSSR count). The van der Waals surface area contributed by atoms with Gasteiger partial charge in [0.1, 0.15) is 0 Å². The lowest BCUT2D eigenvalue weighted by molar-refractivity contribution is 0.175. The maximum Gasteiger partial charge on any atom is 0.0629 e. The molecule has 2 aromatic rings. The van der Waals surface area contributed by atoms with Gasteiger partial charge >= 0.3 is 0 Å². The zero-order valence-electron chi connectivity index (χ0n) is 11.8. The fourth-order valence-corrected chi connectivity index (χ4v) is 2.94. The number of halogens is 2. The molecule has 1 unspecified atom stereocenters. The van der Waals surface area contributed by atoms with E-state index in [1.165, 1.54) is 0 Å². The number of nitrogens with zero attached hydrogens (tertiary/aromatic N) is 2. The van der Waals surface area contributed by atoms with Crippen LogP contribution in [0.5, 0.6) is 0 Å². The molecule has 3 nitrogen and oxygen atoms in total. The molecule has 20 heavy (non-hydrogen) atoms. The third-order valence-electron chi connectivity index (χ3n) is 3.60. The first-order valence-corrected chi connectivity index (χ1v) is 7.25. The van der Waals surface area contributed by atoms with Gasteiger partial charge in [-0.3, -0.25) is 4.68 Å². The number of aliphatic hydroxyl groups is 1. The van der Waals surface area contributed by atoms with Crippen molar-refractivity contribution in [2.45, 2.75) is 32.8 Å². The highest BCUT2D eigenvalue weighted by molar-refractivity contribution is 6.35. The Bertz CT molecular complexity index is 602. The average molecular weight is 313 g/mol. The highest BCUT2D eigenvalue weighted by Gasteiger charge is 2.17. The minimum atomic E-state index is -0.533. The molecule has 0 spiro atoms. The molecule has 5 heteroatoms. The summed E-state index contributed by atoms with van der Waals surface area (Å²) >= 11 is 12.3. The molecule has 1 aromatic carbocycles. The number of aromatic nitrogens is 2. The van der Waals surface area contributed by atoms with Crippen molar-refractivity contribution in [1.82, 2.24) is 9.78 Å². The second kappa shape index (κ2) is 6.17. The van der Waals surface area contributed by atoms with Crippen LogP contribution in [0.3, 0.4) is 0 Å².